The third-order valence-electron chi connectivity index (χ3n) is 5.73. The zero-order valence-corrected chi connectivity index (χ0v) is 24.0. The first-order valence-electron chi connectivity index (χ1n) is 11.4. The number of rotatable bonds is 8. The van der Waals surface area contributed by atoms with Crippen LogP contribution in [0.25, 0.3) is 20.4 Å². The van der Waals surface area contributed by atoms with Gasteiger partial charge >= 0.3 is 0 Å². The lowest BCUT2D eigenvalue weighted by molar-refractivity contribution is 0.101. The summed E-state index contributed by atoms with van der Waals surface area (Å²) in [6, 6.07) is 14.9. The van der Waals surface area contributed by atoms with Gasteiger partial charge in [0.1, 0.15) is 0 Å². The van der Waals surface area contributed by atoms with Crippen molar-refractivity contribution < 1.29 is 26.4 Å². The molecule has 2 heterocycles. The van der Waals surface area contributed by atoms with Crippen LogP contribution in [0.15, 0.2) is 70.5 Å². The molecule has 206 valence electrons. The average Bonchev–Trinajstić information content (AvgIpc) is 3.54. The lowest BCUT2D eigenvalue weighted by Crippen LogP contribution is -2.18. The van der Waals surface area contributed by atoms with Crippen LogP contribution in [-0.4, -0.2) is 52.7 Å². The van der Waals surface area contributed by atoms with E-state index in [1.54, 1.807) is 12.1 Å². The smallest absolute Gasteiger partial charge is 0.257 e. The molecule has 0 radical (unpaired) electrons. The summed E-state index contributed by atoms with van der Waals surface area (Å²) in [6.07, 6.45) is 0. The number of anilines is 2. The summed E-state index contributed by atoms with van der Waals surface area (Å²) in [6.45, 7) is 0. The third kappa shape index (κ3) is 5.58. The van der Waals surface area contributed by atoms with Crippen molar-refractivity contribution in [3.63, 3.8) is 0 Å². The van der Waals surface area contributed by atoms with E-state index in [4.69, 9.17) is 0 Å². The summed E-state index contributed by atoms with van der Waals surface area (Å²) < 4.78 is 53.8. The van der Waals surface area contributed by atoms with Gasteiger partial charge in [0.25, 0.3) is 11.8 Å². The van der Waals surface area contributed by atoms with Gasteiger partial charge in [0.05, 0.1) is 30.2 Å². The predicted octanol–water partition coefficient (Wildman–Crippen LogP) is 3.23. The normalized spacial score (nSPS) is 12.1. The Morgan fingerprint density at radius 2 is 1.00 bits per heavy atom. The Morgan fingerprint density at radius 1 is 0.625 bits per heavy atom. The van der Waals surface area contributed by atoms with E-state index in [2.05, 4.69) is 30.0 Å². The molecule has 0 unspecified atom stereocenters. The fourth-order valence-electron chi connectivity index (χ4n) is 3.60. The molecule has 0 bridgehead atoms. The summed E-state index contributed by atoms with van der Waals surface area (Å²) in [4.78, 5) is 34.3. The van der Waals surface area contributed by atoms with Gasteiger partial charge in [0, 0.05) is 11.1 Å². The van der Waals surface area contributed by atoms with Gasteiger partial charge in [-0.15, -0.1) is 0 Å². The molecular formula is C24H20N6O6S4. The van der Waals surface area contributed by atoms with Gasteiger partial charge < -0.3 is 0 Å². The first kappa shape index (κ1) is 27.8. The molecule has 16 heteroatoms. The predicted molar refractivity (Wildman–Crippen MR) is 154 cm³/mol. The van der Waals surface area contributed by atoms with E-state index in [-0.39, 0.29) is 20.9 Å². The fraction of sp³-hybridized carbons (Fsp3) is 0.0833. The zero-order valence-electron chi connectivity index (χ0n) is 20.8. The van der Waals surface area contributed by atoms with Gasteiger partial charge in [-0.2, -0.15) is 0 Å². The maximum Gasteiger partial charge on any atom is 0.257 e. The van der Waals surface area contributed by atoms with Gasteiger partial charge in [-0.1, -0.05) is 22.7 Å². The minimum absolute atomic E-state index is 0.0928. The first-order valence-corrected chi connectivity index (χ1v) is 16.0. The van der Waals surface area contributed by atoms with Crippen molar-refractivity contribution in [1.29, 1.82) is 0 Å². The number of carbonyl (C=O) groups excluding carboxylic acids is 2. The molecule has 12 nitrogen and oxygen atoms in total. The number of aromatic nitrogens is 2. The minimum Gasteiger partial charge on any atom is -0.298 e. The highest BCUT2D eigenvalue weighted by molar-refractivity contribution is 7.89. The molecule has 5 aromatic rings. The van der Waals surface area contributed by atoms with Crippen LogP contribution in [0.5, 0.6) is 0 Å². The van der Waals surface area contributed by atoms with Gasteiger partial charge in [-0.3, -0.25) is 20.2 Å². The fourth-order valence-corrected chi connectivity index (χ4v) is 7.06. The molecule has 0 aliphatic rings. The van der Waals surface area contributed by atoms with Crippen LogP contribution in [0.4, 0.5) is 10.3 Å². The van der Waals surface area contributed by atoms with Crippen molar-refractivity contribution in [1.82, 2.24) is 19.4 Å². The maximum atomic E-state index is 12.7. The van der Waals surface area contributed by atoms with Crippen LogP contribution in [-0.2, 0) is 20.0 Å². The Bertz CT molecular complexity index is 1860. The maximum absolute atomic E-state index is 12.7. The summed E-state index contributed by atoms with van der Waals surface area (Å²) in [7, 11) is -4.57. The van der Waals surface area contributed by atoms with Gasteiger partial charge in [-0.25, -0.2) is 36.2 Å². The van der Waals surface area contributed by atoms with Crippen LogP contribution in [0.3, 0.4) is 0 Å². The number of benzene rings is 3. The first-order chi connectivity index (χ1) is 19.0. The molecule has 40 heavy (non-hydrogen) atoms. The molecule has 0 aliphatic heterocycles. The van der Waals surface area contributed by atoms with E-state index in [1.807, 2.05) is 0 Å². The molecule has 0 atom stereocenters. The Labute approximate surface area is 236 Å². The zero-order chi connectivity index (χ0) is 28.7. The largest absolute Gasteiger partial charge is 0.298 e. The van der Waals surface area contributed by atoms with Gasteiger partial charge in [-0.05, 0) is 74.8 Å². The standard InChI is InChI=1S/C24H20N6O6S4/c1-25-39(33,34)15-7-9-17-19(11-15)37-23(27-17)29-21(31)13-3-5-14(6-4-13)22(32)30-24-28-18-10-8-16(12-20(18)38-24)40(35,36)26-2/h3-12,25-26H,1-2H3,(H,27,29,31)(H,28,30,32). The number of nitrogens with zero attached hydrogens (tertiary/aromatic N) is 2. The second-order valence-corrected chi connectivity index (χ2v) is 14.0. The Balaban J connectivity index is 1.27. The van der Waals surface area contributed by atoms with Crippen molar-refractivity contribution in [2.75, 3.05) is 24.7 Å². The van der Waals surface area contributed by atoms with Crippen molar-refractivity contribution in [2.45, 2.75) is 9.79 Å². The van der Waals surface area contributed by atoms with E-state index >= 15 is 0 Å². The molecule has 0 saturated heterocycles. The van der Waals surface area contributed by atoms with Crippen molar-refractivity contribution >= 4 is 85.2 Å². The SMILES string of the molecule is CNS(=O)(=O)c1ccc2nc(NC(=O)c3ccc(C(=O)Nc4nc5ccc(S(=O)(=O)NC)cc5s4)cc3)sc2c1. The number of nitrogens with one attached hydrogen (secondary N) is 4. The number of carbonyl (C=O) groups is 2. The van der Waals surface area contributed by atoms with E-state index < -0.39 is 31.9 Å². The summed E-state index contributed by atoms with van der Waals surface area (Å²) >= 11 is 2.27. The van der Waals surface area contributed by atoms with E-state index in [0.717, 1.165) is 22.7 Å². The highest BCUT2D eigenvalue weighted by atomic mass is 32.2. The van der Waals surface area contributed by atoms with Crippen molar-refractivity contribution in [2.24, 2.45) is 0 Å². The summed E-state index contributed by atoms with van der Waals surface area (Å²) in [5, 5.41) is 5.97. The number of amides is 2. The highest BCUT2D eigenvalue weighted by Crippen LogP contribution is 2.30. The van der Waals surface area contributed by atoms with Gasteiger partial charge in [0.2, 0.25) is 20.0 Å². The van der Waals surface area contributed by atoms with Crippen molar-refractivity contribution in [3.05, 3.63) is 71.8 Å². The monoisotopic (exact) mass is 616 g/mol. The molecule has 5 rings (SSSR count). The number of fused-ring (bicyclic) bond motifs is 2. The molecule has 0 spiro atoms. The summed E-state index contributed by atoms with van der Waals surface area (Å²) in [5.41, 5.74) is 1.65. The minimum atomic E-state index is -3.61. The lowest BCUT2D eigenvalue weighted by Gasteiger charge is -2.04. The van der Waals surface area contributed by atoms with Crippen LogP contribution < -0.4 is 20.1 Å². The van der Waals surface area contributed by atoms with Crippen molar-refractivity contribution in [3.8, 4) is 0 Å². The molecular weight excluding hydrogens is 597 g/mol. The third-order valence-corrected chi connectivity index (χ3v) is 10.4. The van der Waals surface area contributed by atoms with Crippen LogP contribution in [0.2, 0.25) is 0 Å². The topological polar surface area (TPSA) is 176 Å². The molecule has 2 aromatic heterocycles. The molecule has 0 aliphatic carbocycles. The number of hydrogen-bond acceptors (Lipinski definition) is 10. The summed E-state index contributed by atoms with van der Waals surface area (Å²) in [5.74, 6) is -0.903. The second kappa shape index (κ2) is 10.6. The second-order valence-electron chi connectivity index (χ2n) is 8.20. The van der Waals surface area contributed by atoms with Gasteiger partial charge in [0.15, 0.2) is 10.3 Å². The molecule has 0 saturated carbocycles. The molecule has 0 fully saturated rings. The lowest BCUT2D eigenvalue weighted by atomic mass is 10.1. The highest BCUT2D eigenvalue weighted by Gasteiger charge is 2.17. The number of sulfonamides is 2. The number of hydrogen-bond donors (Lipinski definition) is 4. The van der Waals surface area contributed by atoms with E-state index in [1.165, 1.54) is 62.6 Å². The van der Waals surface area contributed by atoms with Crippen LogP contribution in [0.1, 0.15) is 20.7 Å². The molecule has 3 aromatic carbocycles. The molecule has 2 amide bonds. The number of thiazole rings is 2. The van der Waals surface area contributed by atoms with E-state index in [9.17, 15) is 26.4 Å². The Morgan fingerprint density at radius 3 is 1.35 bits per heavy atom. The van der Waals surface area contributed by atoms with Crippen LogP contribution >= 0.6 is 22.7 Å². The molecule has 4 N–H and O–H groups in total. The van der Waals surface area contributed by atoms with Crippen LogP contribution in [0, 0.1) is 0 Å². The Hall–Kier alpha value is -3.80. The average molecular weight is 617 g/mol. The van der Waals surface area contributed by atoms with E-state index in [0.29, 0.717) is 30.7 Å². The quantitative estimate of drug-likeness (QED) is 0.205. The Kier molecular flexibility index (Phi) is 7.38.